The molecule has 0 aromatic carbocycles. The van der Waals surface area contributed by atoms with Crippen molar-refractivity contribution in [2.75, 3.05) is 0 Å². The zero-order valence-corrected chi connectivity index (χ0v) is 13.3. The van der Waals surface area contributed by atoms with E-state index in [0.29, 0.717) is 17.5 Å². The summed E-state index contributed by atoms with van der Waals surface area (Å²) in [6, 6.07) is 0. The smallest absolute Gasteiger partial charge is 0.135 e. The van der Waals surface area contributed by atoms with Gasteiger partial charge in [0.05, 0.1) is 0 Å². The van der Waals surface area contributed by atoms with Gasteiger partial charge in [-0.1, -0.05) is 45.4 Å². The second-order valence-electron chi connectivity index (χ2n) is 6.36. The van der Waals surface area contributed by atoms with Crippen molar-refractivity contribution >= 4 is 11.6 Å². The van der Waals surface area contributed by atoms with Crippen LogP contribution in [0.5, 0.6) is 0 Å². The molecule has 2 aliphatic carbocycles. The lowest BCUT2D eigenvalue weighted by Crippen LogP contribution is -2.05. The van der Waals surface area contributed by atoms with E-state index in [9.17, 15) is 9.59 Å². The van der Waals surface area contributed by atoms with Gasteiger partial charge >= 0.3 is 0 Å². The normalized spacial score (nSPS) is 22.6. The van der Waals surface area contributed by atoms with Crippen LogP contribution in [0.2, 0.25) is 0 Å². The first-order valence-electron chi connectivity index (χ1n) is 8.78. The number of Topliss-reactive ketones (excluding diaryl/α,β-unsaturated/α-hetero) is 2. The summed E-state index contributed by atoms with van der Waals surface area (Å²) in [5, 5.41) is 0. The Hall–Kier alpha value is -0.660. The molecule has 0 heterocycles. The maximum Gasteiger partial charge on any atom is 0.135 e. The Morgan fingerprint density at radius 2 is 1.55 bits per heavy atom. The second kappa shape index (κ2) is 11.0. The Labute approximate surface area is 124 Å². The van der Waals surface area contributed by atoms with E-state index in [0.717, 1.165) is 38.5 Å². The molecule has 2 aliphatic rings. The minimum Gasteiger partial charge on any atom is -0.300 e. The Morgan fingerprint density at radius 3 is 2.05 bits per heavy atom. The molecule has 2 heteroatoms. The average molecular weight is 280 g/mol. The quantitative estimate of drug-likeness (QED) is 0.624. The Kier molecular flexibility index (Phi) is 9.61. The molecule has 1 unspecified atom stereocenters. The van der Waals surface area contributed by atoms with Gasteiger partial charge in [0, 0.05) is 25.2 Å². The third kappa shape index (κ3) is 7.81. The van der Waals surface area contributed by atoms with Crippen molar-refractivity contribution < 1.29 is 9.59 Å². The SMILES string of the molecule is CCCCCCCC1CCCC1=O.O=C1CCCCC1. The average Bonchev–Trinajstić information content (AvgIpc) is 2.86. The zero-order valence-electron chi connectivity index (χ0n) is 13.3. The number of hydrogen-bond donors (Lipinski definition) is 0. The summed E-state index contributed by atoms with van der Waals surface area (Å²) in [5.74, 6) is 1.45. The molecular formula is C18H32O2. The summed E-state index contributed by atoms with van der Waals surface area (Å²) in [6.45, 7) is 2.24. The van der Waals surface area contributed by atoms with Gasteiger partial charge in [-0.3, -0.25) is 9.59 Å². The first-order chi connectivity index (χ1) is 9.74. The van der Waals surface area contributed by atoms with E-state index in [4.69, 9.17) is 0 Å². The van der Waals surface area contributed by atoms with Crippen LogP contribution in [0, 0.1) is 5.92 Å². The number of carbonyl (C=O) groups excluding carboxylic acids is 2. The van der Waals surface area contributed by atoms with Crippen molar-refractivity contribution in [3.05, 3.63) is 0 Å². The van der Waals surface area contributed by atoms with Gasteiger partial charge in [-0.05, 0) is 32.1 Å². The van der Waals surface area contributed by atoms with Crippen LogP contribution in [0.15, 0.2) is 0 Å². The lowest BCUT2D eigenvalue weighted by atomic mass is 9.98. The summed E-state index contributed by atoms with van der Waals surface area (Å²) in [7, 11) is 0. The summed E-state index contributed by atoms with van der Waals surface area (Å²) < 4.78 is 0. The van der Waals surface area contributed by atoms with E-state index in [1.807, 2.05) is 0 Å². The summed E-state index contributed by atoms with van der Waals surface area (Å²) in [4.78, 5) is 21.8. The molecule has 2 nitrogen and oxygen atoms in total. The predicted molar refractivity (Wildman–Crippen MR) is 83.8 cm³/mol. The van der Waals surface area contributed by atoms with E-state index in [-0.39, 0.29) is 0 Å². The number of rotatable bonds is 6. The van der Waals surface area contributed by atoms with E-state index in [1.54, 1.807) is 0 Å². The van der Waals surface area contributed by atoms with Crippen LogP contribution in [0.25, 0.3) is 0 Å². The van der Waals surface area contributed by atoms with E-state index < -0.39 is 0 Å². The summed E-state index contributed by atoms with van der Waals surface area (Å²) in [6.07, 6.45) is 16.2. The minimum atomic E-state index is 0.446. The number of hydrogen-bond acceptors (Lipinski definition) is 2. The topological polar surface area (TPSA) is 34.1 Å². The maximum atomic E-state index is 11.3. The van der Waals surface area contributed by atoms with E-state index >= 15 is 0 Å². The molecule has 0 saturated heterocycles. The molecule has 0 bridgehead atoms. The molecule has 0 spiro atoms. The fourth-order valence-corrected chi connectivity index (χ4v) is 3.13. The largest absolute Gasteiger partial charge is 0.300 e. The monoisotopic (exact) mass is 280 g/mol. The molecule has 0 aromatic rings. The molecule has 116 valence electrons. The highest BCUT2D eigenvalue weighted by atomic mass is 16.1. The first kappa shape index (κ1) is 17.4. The first-order valence-corrected chi connectivity index (χ1v) is 8.78. The molecule has 0 aliphatic heterocycles. The highest BCUT2D eigenvalue weighted by molar-refractivity contribution is 5.82. The fourth-order valence-electron chi connectivity index (χ4n) is 3.13. The summed E-state index contributed by atoms with van der Waals surface area (Å²) >= 11 is 0. The second-order valence-corrected chi connectivity index (χ2v) is 6.36. The lowest BCUT2D eigenvalue weighted by Gasteiger charge is -2.06. The molecule has 20 heavy (non-hydrogen) atoms. The molecule has 0 amide bonds. The van der Waals surface area contributed by atoms with Crippen LogP contribution >= 0.6 is 0 Å². The van der Waals surface area contributed by atoms with Gasteiger partial charge in [-0.15, -0.1) is 0 Å². The van der Waals surface area contributed by atoms with Crippen molar-refractivity contribution in [3.63, 3.8) is 0 Å². The van der Waals surface area contributed by atoms with E-state index in [1.165, 1.54) is 51.4 Å². The number of ketones is 2. The van der Waals surface area contributed by atoms with Gasteiger partial charge < -0.3 is 0 Å². The molecule has 2 fully saturated rings. The maximum absolute atomic E-state index is 11.3. The molecule has 1 atom stereocenters. The zero-order chi connectivity index (χ0) is 14.6. The van der Waals surface area contributed by atoms with Crippen LogP contribution < -0.4 is 0 Å². The van der Waals surface area contributed by atoms with Gasteiger partial charge in [0.15, 0.2) is 0 Å². The molecule has 2 saturated carbocycles. The van der Waals surface area contributed by atoms with Crippen LogP contribution in [0.1, 0.15) is 96.8 Å². The van der Waals surface area contributed by atoms with Crippen molar-refractivity contribution in [1.29, 1.82) is 0 Å². The van der Waals surface area contributed by atoms with Crippen molar-refractivity contribution in [2.24, 2.45) is 5.92 Å². The number of carbonyl (C=O) groups is 2. The fraction of sp³-hybridized carbons (Fsp3) is 0.889. The molecule has 0 N–H and O–H groups in total. The number of unbranched alkanes of at least 4 members (excludes halogenated alkanes) is 4. The Bertz CT molecular complexity index is 275. The van der Waals surface area contributed by atoms with Crippen LogP contribution in [-0.4, -0.2) is 11.6 Å². The van der Waals surface area contributed by atoms with Crippen LogP contribution in [-0.2, 0) is 9.59 Å². The Balaban J connectivity index is 0.000000240. The molecule has 0 radical (unpaired) electrons. The Morgan fingerprint density at radius 1 is 0.850 bits per heavy atom. The van der Waals surface area contributed by atoms with Crippen LogP contribution in [0.3, 0.4) is 0 Å². The molecule has 2 rings (SSSR count). The van der Waals surface area contributed by atoms with Gasteiger partial charge in [0.25, 0.3) is 0 Å². The van der Waals surface area contributed by atoms with Gasteiger partial charge in [0.2, 0.25) is 0 Å². The minimum absolute atomic E-state index is 0.446. The molecule has 0 aromatic heterocycles. The lowest BCUT2D eigenvalue weighted by molar-refractivity contribution is -0.121. The molecular weight excluding hydrogens is 248 g/mol. The highest BCUT2D eigenvalue weighted by Crippen LogP contribution is 2.26. The third-order valence-electron chi connectivity index (χ3n) is 4.50. The van der Waals surface area contributed by atoms with Gasteiger partial charge in [-0.25, -0.2) is 0 Å². The van der Waals surface area contributed by atoms with Crippen molar-refractivity contribution in [2.45, 2.75) is 96.8 Å². The predicted octanol–water partition coefficient (Wildman–Crippen LogP) is 5.24. The standard InChI is InChI=1S/C12H22O.C6H10O/c1-2-3-4-5-6-8-11-9-7-10-12(11)13;7-6-4-2-1-3-5-6/h11H,2-10H2,1H3;1-5H2. The van der Waals surface area contributed by atoms with Crippen molar-refractivity contribution in [1.82, 2.24) is 0 Å². The van der Waals surface area contributed by atoms with E-state index in [2.05, 4.69) is 6.92 Å². The van der Waals surface area contributed by atoms with Gasteiger partial charge in [0.1, 0.15) is 11.6 Å². The van der Waals surface area contributed by atoms with Crippen LogP contribution in [0.4, 0.5) is 0 Å². The summed E-state index contributed by atoms with van der Waals surface area (Å²) in [5.41, 5.74) is 0. The third-order valence-corrected chi connectivity index (χ3v) is 4.50. The van der Waals surface area contributed by atoms with Gasteiger partial charge in [-0.2, -0.15) is 0 Å². The highest BCUT2D eigenvalue weighted by Gasteiger charge is 2.23. The van der Waals surface area contributed by atoms with Crippen molar-refractivity contribution in [3.8, 4) is 0 Å².